The molecular formula is C12H15FO5. The van der Waals surface area contributed by atoms with Gasteiger partial charge in [0.15, 0.2) is 11.5 Å². The van der Waals surface area contributed by atoms with Gasteiger partial charge in [-0.3, -0.25) is 4.79 Å². The molecule has 1 atom stereocenters. The Morgan fingerprint density at radius 2 is 1.89 bits per heavy atom. The van der Waals surface area contributed by atoms with E-state index in [1.807, 2.05) is 0 Å². The molecule has 0 heterocycles. The van der Waals surface area contributed by atoms with E-state index >= 15 is 0 Å². The van der Waals surface area contributed by atoms with E-state index in [9.17, 15) is 14.3 Å². The summed E-state index contributed by atoms with van der Waals surface area (Å²) in [6, 6.07) is 2.40. The monoisotopic (exact) mass is 258 g/mol. The number of aliphatic carboxylic acids is 1. The van der Waals surface area contributed by atoms with Gasteiger partial charge in [0.1, 0.15) is 5.82 Å². The molecule has 0 bridgehead atoms. The molecule has 0 spiro atoms. The Morgan fingerprint density at radius 1 is 1.33 bits per heavy atom. The van der Waals surface area contributed by atoms with Crippen molar-refractivity contribution in [3.8, 4) is 11.5 Å². The summed E-state index contributed by atoms with van der Waals surface area (Å²) in [7, 11) is 2.76. The van der Waals surface area contributed by atoms with Crippen LogP contribution in [0.15, 0.2) is 12.1 Å². The number of rotatable bonds is 6. The molecule has 18 heavy (non-hydrogen) atoms. The van der Waals surface area contributed by atoms with Gasteiger partial charge < -0.3 is 19.7 Å². The van der Waals surface area contributed by atoms with Crippen molar-refractivity contribution in [3.05, 3.63) is 23.5 Å². The third-order valence-corrected chi connectivity index (χ3v) is 2.49. The lowest BCUT2D eigenvalue weighted by atomic mass is 10.0. The summed E-state index contributed by atoms with van der Waals surface area (Å²) in [6.45, 7) is 0. The fourth-order valence-electron chi connectivity index (χ4n) is 1.54. The van der Waals surface area contributed by atoms with E-state index in [4.69, 9.17) is 14.6 Å². The van der Waals surface area contributed by atoms with E-state index in [-0.39, 0.29) is 29.9 Å². The Kier molecular flexibility index (Phi) is 4.91. The molecule has 0 radical (unpaired) electrons. The van der Waals surface area contributed by atoms with Crippen molar-refractivity contribution in [2.75, 3.05) is 14.2 Å². The molecule has 0 aliphatic rings. The van der Waals surface area contributed by atoms with Crippen LogP contribution < -0.4 is 9.47 Å². The number of carboxylic acid groups (broad SMARTS) is 1. The molecule has 1 rings (SSSR count). The highest BCUT2D eigenvalue weighted by atomic mass is 19.1. The molecule has 6 heteroatoms. The lowest BCUT2D eigenvalue weighted by Gasteiger charge is -2.14. The highest BCUT2D eigenvalue weighted by Crippen LogP contribution is 2.33. The average Bonchev–Trinajstić information content (AvgIpc) is 2.35. The van der Waals surface area contributed by atoms with E-state index in [2.05, 4.69) is 0 Å². The zero-order valence-corrected chi connectivity index (χ0v) is 10.1. The zero-order valence-electron chi connectivity index (χ0n) is 10.1. The second-order valence-electron chi connectivity index (χ2n) is 3.68. The van der Waals surface area contributed by atoms with Crippen LogP contribution in [0, 0.1) is 5.82 Å². The maximum Gasteiger partial charge on any atom is 0.303 e. The molecule has 100 valence electrons. The third-order valence-electron chi connectivity index (χ3n) is 2.49. The summed E-state index contributed by atoms with van der Waals surface area (Å²) in [5.74, 6) is -1.21. The van der Waals surface area contributed by atoms with Crippen LogP contribution in [-0.2, 0) is 4.79 Å². The standard InChI is InChI=1S/C12H15FO5/c1-17-10-5-7(8(13)6-11(10)18-2)9(14)3-4-12(15)16/h5-6,9,14H,3-4H2,1-2H3,(H,15,16). The van der Waals surface area contributed by atoms with Crippen molar-refractivity contribution in [1.82, 2.24) is 0 Å². The molecule has 0 fully saturated rings. The van der Waals surface area contributed by atoms with Crippen molar-refractivity contribution in [1.29, 1.82) is 0 Å². The average molecular weight is 258 g/mol. The molecule has 2 N–H and O–H groups in total. The van der Waals surface area contributed by atoms with Crippen LogP contribution in [0.1, 0.15) is 24.5 Å². The van der Waals surface area contributed by atoms with Gasteiger partial charge in [0.05, 0.1) is 20.3 Å². The fraction of sp³-hybridized carbons (Fsp3) is 0.417. The van der Waals surface area contributed by atoms with E-state index in [0.717, 1.165) is 6.07 Å². The molecule has 1 aromatic carbocycles. The number of carbonyl (C=O) groups is 1. The van der Waals surface area contributed by atoms with Gasteiger partial charge in [-0.1, -0.05) is 0 Å². The first-order chi connectivity index (χ1) is 8.49. The Morgan fingerprint density at radius 3 is 2.39 bits per heavy atom. The van der Waals surface area contributed by atoms with Gasteiger partial charge >= 0.3 is 5.97 Å². The molecule has 0 amide bonds. The van der Waals surface area contributed by atoms with Crippen molar-refractivity contribution in [2.24, 2.45) is 0 Å². The summed E-state index contributed by atoms with van der Waals surface area (Å²) < 4.78 is 23.6. The molecule has 1 aromatic rings. The highest BCUT2D eigenvalue weighted by Gasteiger charge is 2.18. The van der Waals surface area contributed by atoms with Crippen molar-refractivity contribution in [2.45, 2.75) is 18.9 Å². The van der Waals surface area contributed by atoms with E-state index in [1.54, 1.807) is 0 Å². The molecular weight excluding hydrogens is 243 g/mol. The van der Waals surface area contributed by atoms with Gasteiger partial charge in [-0.2, -0.15) is 0 Å². The smallest absolute Gasteiger partial charge is 0.303 e. The Balaban J connectivity index is 2.97. The number of aliphatic hydroxyl groups is 1. The van der Waals surface area contributed by atoms with Gasteiger partial charge in [-0.25, -0.2) is 4.39 Å². The first kappa shape index (κ1) is 14.2. The molecule has 0 aromatic heterocycles. The molecule has 0 saturated carbocycles. The lowest BCUT2D eigenvalue weighted by Crippen LogP contribution is -2.05. The van der Waals surface area contributed by atoms with Gasteiger partial charge in [-0.05, 0) is 12.5 Å². The summed E-state index contributed by atoms with van der Waals surface area (Å²) in [5, 5.41) is 18.2. The molecule has 0 saturated heterocycles. The Bertz CT molecular complexity index is 433. The van der Waals surface area contributed by atoms with Crippen LogP contribution >= 0.6 is 0 Å². The SMILES string of the molecule is COc1cc(F)c(C(O)CCC(=O)O)cc1OC. The number of halogens is 1. The third kappa shape index (κ3) is 3.33. The molecule has 0 aliphatic heterocycles. The minimum atomic E-state index is -1.19. The Labute approximate surface area is 104 Å². The van der Waals surface area contributed by atoms with E-state index in [1.165, 1.54) is 20.3 Å². The lowest BCUT2D eigenvalue weighted by molar-refractivity contribution is -0.137. The summed E-state index contributed by atoms with van der Waals surface area (Å²) >= 11 is 0. The topological polar surface area (TPSA) is 76.0 Å². The van der Waals surface area contributed by atoms with Gasteiger partial charge in [0.2, 0.25) is 0 Å². The second kappa shape index (κ2) is 6.20. The normalized spacial score (nSPS) is 12.0. The van der Waals surface area contributed by atoms with Gasteiger partial charge in [0.25, 0.3) is 0 Å². The number of methoxy groups -OCH3 is 2. The Hall–Kier alpha value is -1.82. The largest absolute Gasteiger partial charge is 0.493 e. The quantitative estimate of drug-likeness (QED) is 0.812. The first-order valence-corrected chi connectivity index (χ1v) is 5.30. The number of hydrogen-bond donors (Lipinski definition) is 2. The number of benzene rings is 1. The zero-order chi connectivity index (χ0) is 13.7. The van der Waals surface area contributed by atoms with E-state index < -0.39 is 17.9 Å². The summed E-state index contributed by atoms with van der Waals surface area (Å²) in [6.07, 6.45) is -1.50. The minimum absolute atomic E-state index is 0.00565. The van der Waals surface area contributed by atoms with Gasteiger partial charge in [-0.15, -0.1) is 0 Å². The summed E-state index contributed by atoms with van der Waals surface area (Å²) in [5.41, 5.74) is -0.00565. The predicted octanol–water partition coefficient (Wildman–Crippen LogP) is 1.74. The highest BCUT2D eigenvalue weighted by molar-refractivity contribution is 5.66. The van der Waals surface area contributed by atoms with Crippen LogP contribution in [0.4, 0.5) is 4.39 Å². The molecule has 5 nitrogen and oxygen atoms in total. The number of aliphatic hydroxyl groups excluding tert-OH is 1. The fourth-order valence-corrected chi connectivity index (χ4v) is 1.54. The molecule has 1 unspecified atom stereocenters. The first-order valence-electron chi connectivity index (χ1n) is 5.30. The van der Waals surface area contributed by atoms with E-state index in [0.29, 0.717) is 0 Å². The maximum absolute atomic E-state index is 13.7. The minimum Gasteiger partial charge on any atom is -0.493 e. The van der Waals surface area contributed by atoms with Crippen LogP contribution in [0.2, 0.25) is 0 Å². The van der Waals surface area contributed by atoms with Crippen LogP contribution in [0.3, 0.4) is 0 Å². The molecule has 0 aliphatic carbocycles. The van der Waals surface area contributed by atoms with Crippen LogP contribution in [-0.4, -0.2) is 30.4 Å². The van der Waals surface area contributed by atoms with Crippen molar-refractivity contribution < 1.29 is 28.9 Å². The number of ether oxygens (including phenoxy) is 2. The maximum atomic E-state index is 13.7. The van der Waals surface area contributed by atoms with Crippen LogP contribution in [0.25, 0.3) is 0 Å². The number of carboxylic acids is 1. The van der Waals surface area contributed by atoms with Crippen LogP contribution in [0.5, 0.6) is 11.5 Å². The predicted molar refractivity (Wildman–Crippen MR) is 61.3 cm³/mol. The second-order valence-corrected chi connectivity index (χ2v) is 3.68. The summed E-state index contributed by atoms with van der Waals surface area (Å²) in [4.78, 5) is 10.4. The van der Waals surface area contributed by atoms with Crippen molar-refractivity contribution >= 4 is 5.97 Å². The van der Waals surface area contributed by atoms with Crippen molar-refractivity contribution in [3.63, 3.8) is 0 Å². The van der Waals surface area contributed by atoms with Gasteiger partial charge in [0, 0.05) is 18.1 Å². The number of hydrogen-bond acceptors (Lipinski definition) is 4.